The summed E-state index contributed by atoms with van der Waals surface area (Å²) >= 11 is 0. The van der Waals surface area contributed by atoms with Gasteiger partial charge in [0.1, 0.15) is 0 Å². The zero-order valence-corrected chi connectivity index (χ0v) is 14.7. The average molecular weight is 396 g/mol. The van der Waals surface area contributed by atoms with Gasteiger partial charge in [0.15, 0.2) is 6.10 Å². The SMILES string of the molecule is Cc1cccc(C(=O)OC(C)C(=O)Nc2ccc([N+](=O)[O-])cc2C(F)(F)F)c1. The minimum Gasteiger partial charge on any atom is -0.449 e. The van der Waals surface area contributed by atoms with Crippen molar-refractivity contribution >= 4 is 23.3 Å². The number of nitrogens with zero attached hydrogens (tertiary/aromatic N) is 1. The number of aryl methyl sites for hydroxylation is 1. The first-order valence-electron chi connectivity index (χ1n) is 7.93. The number of anilines is 1. The van der Waals surface area contributed by atoms with Gasteiger partial charge in [-0.25, -0.2) is 4.79 Å². The number of non-ortho nitro benzene ring substituents is 1. The number of halogens is 3. The lowest BCUT2D eigenvalue weighted by atomic mass is 10.1. The largest absolute Gasteiger partial charge is 0.449 e. The minimum atomic E-state index is -4.93. The van der Waals surface area contributed by atoms with Gasteiger partial charge in [-0.3, -0.25) is 14.9 Å². The number of alkyl halides is 3. The van der Waals surface area contributed by atoms with Crippen molar-refractivity contribution in [2.24, 2.45) is 0 Å². The molecule has 0 radical (unpaired) electrons. The zero-order chi connectivity index (χ0) is 21.1. The summed E-state index contributed by atoms with van der Waals surface area (Å²) in [4.78, 5) is 33.9. The van der Waals surface area contributed by atoms with Crippen LogP contribution in [0.1, 0.15) is 28.4 Å². The summed E-state index contributed by atoms with van der Waals surface area (Å²) in [5, 5.41) is 12.7. The van der Waals surface area contributed by atoms with Gasteiger partial charge in [-0.1, -0.05) is 17.7 Å². The van der Waals surface area contributed by atoms with Crippen LogP contribution in [0.5, 0.6) is 0 Å². The lowest BCUT2D eigenvalue weighted by molar-refractivity contribution is -0.385. The molecule has 0 aliphatic heterocycles. The van der Waals surface area contributed by atoms with Crippen LogP contribution in [-0.2, 0) is 15.7 Å². The Morgan fingerprint density at radius 3 is 2.43 bits per heavy atom. The Kier molecular flexibility index (Phi) is 6.02. The number of benzene rings is 2. The quantitative estimate of drug-likeness (QED) is 0.466. The molecule has 0 spiro atoms. The Morgan fingerprint density at radius 1 is 1.18 bits per heavy atom. The van der Waals surface area contributed by atoms with Gasteiger partial charge in [-0.15, -0.1) is 0 Å². The fourth-order valence-electron chi connectivity index (χ4n) is 2.28. The number of hydrogen-bond donors (Lipinski definition) is 1. The van der Waals surface area contributed by atoms with E-state index in [2.05, 4.69) is 0 Å². The molecule has 2 rings (SSSR count). The lowest BCUT2D eigenvalue weighted by Crippen LogP contribution is -2.30. The molecular weight excluding hydrogens is 381 g/mol. The predicted molar refractivity (Wildman–Crippen MR) is 92.8 cm³/mol. The van der Waals surface area contributed by atoms with Crippen molar-refractivity contribution in [3.63, 3.8) is 0 Å². The summed E-state index contributed by atoms with van der Waals surface area (Å²) < 4.78 is 44.4. The predicted octanol–water partition coefficient (Wildman–Crippen LogP) is 4.11. The van der Waals surface area contributed by atoms with Crippen molar-refractivity contribution in [1.82, 2.24) is 0 Å². The Morgan fingerprint density at radius 2 is 1.86 bits per heavy atom. The molecule has 148 valence electrons. The van der Waals surface area contributed by atoms with Crippen LogP contribution in [0.2, 0.25) is 0 Å². The summed E-state index contributed by atoms with van der Waals surface area (Å²) in [6.45, 7) is 2.95. The van der Waals surface area contributed by atoms with Crippen molar-refractivity contribution in [2.45, 2.75) is 26.1 Å². The number of rotatable bonds is 5. The van der Waals surface area contributed by atoms with Crippen LogP contribution in [0.15, 0.2) is 42.5 Å². The second-order valence-corrected chi connectivity index (χ2v) is 5.89. The van der Waals surface area contributed by atoms with Gasteiger partial charge in [0.25, 0.3) is 11.6 Å². The monoisotopic (exact) mass is 396 g/mol. The van der Waals surface area contributed by atoms with E-state index in [1.54, 1.807) is 19.1 Å². The first kappa shape index (κ1) is 20.9. The van der Waals surface area contributed by atoms with Gasteiger partial charge in [0.05, 0.1) is 21.7 Å². The van der Waals surface area contributed by atoms with E-state index >= 15 is 0 Å². The van der Waals surface area contributed by atoms with Crippen molar-refractivity contribution < 1.29 is 32.4 Å². The third-order valence-corrected chi connectivity index (χ3v) is 3.68. The number of carbonyl (C=O) groups excluding carboxylic acids is 2. The molecule has 0 saturated heterocycles. The molecule has 0 aliphatic rings. The van der Waals surface area contributed by atoms with E-state index in [1.807, 2.05) is 5.32 Å². The van der Waals surface area contributed by atoms with E-state index in [-0.39, 0.29) is 5.56 Å². The van der Waals surface area contributed by atoms with Crippen LogP contribution in [0.3, 0.4) is 0 Å². The maximum Gasteiger partial charge on any atom is 0.418 e. The molecule has 1 amide bonds. The molecule has 0 heterocycles. The van der Waals surface area contributed by atoms with E-state index in [0.29, 0.717) is 6.07 Å². The van der Waals surface area contributed by atoms with Crippen LogP contribution in [0.25, 0.3) is 0 Å². The smallest absolute Gasteiger partial charge is 0.418 e. The van der Waals surface area contributed by atoms with E-state index in [9.17, 15) is 32.9 Å². The normalized spacial score (nSPS) is 12.2. The summed E-state index contributed by atoms with van der Waals surface area (Å²) in [7, 11) is 0. The summed E-state index contributed by atoms with van der Waals surface area (Å²) in [5.41, 5.74) is -1.86. The molecule has 0 aromatic heterocycles. The molecule has 2 aromatic carbocycles. The highest BCUT2D eigenvalue weighted by Crippen LogP contribution is 2.37. The summed E-state index contributed by atoms with van der Waals surface area (Å²) in [6.07, 6.45) is -6.33. The van der Waals surface area contributed by atoms with Crippen molar-refractivity contribution in [1.29, 1.82) is 0 Å². The third-order valence-electron chi connectivity index (χ3n) is 3.68. The number of amides is 1. The van der Waals surface area contributed by atoms with E-state index in [0.717, 1.165) is 17.7 Å². The number of nitro groups is 1. The molecule has 28 heavy (non-hydrogen) atoms. The lowest BCUT2D eigenvalue weighted by Gasteiger charge is -2.17. The van der Waals surface area contributed by atoms with Crippen LogP contribution in [0.4, 0.5) is 24.5 Å². The number of nitro benzene ring substituents is 1. The molecule has 0 aliphatic carbocycles. The first-order valence-corrected chi connectivity index (χ1v) is 7.93. The number of carbonyl (C=O) groups is 2. The molecular formula is C18H15F3N2O5. The number of esters is 1. The Hall–Kier alpha value is -3.43. The fraction of sp³-hybridized carbons (Fsp3) is 0.222. The van der Waals surface area contributed by atoms with Gasteiger partial charge in [0.2, 0.25) is 0 Å². The molecule has 2 aromatic rings. The molecule has 0 fully saturated rings. The standard InChI is InChI=1S/C18H15F3N2O5/c1-10-4-3-5-12(8-10)17(25)28-11(2)16(24)22-15-7-6-13(23(26)27)9-14(15)18(19,20)21/h3-9,11H,1-2H3,(H,22,24). The Balaban J connectivity index is 2.17. The van der Waals surface area contributed by atoms with Crippen LogP contribution < -0.4 is 5.32 Å². The molecule has 0 bridgehead atoms. The van der Waals surface area contributed by atoms with Crippen LogP contribution >= 0.6 is 0 Å². The zero-order valence-electron chi connectivity index (χ0n) is 14.7. The average Bonchev–Trinajstić information content (AvgIpc) is 2.60. The fourth-order valence-corrected chi connectivity index (χ4v) is 2.28. The highest BCUT2D eigenvalue weighted by Gasteiger charge is 2.36. The summed E-state index contributed by atoms with van der Waals surface area (Å²) in [5.74, 6) is -1.83. The van der Waals surface area contributed by atoms with Gasteiger partial charge < -0.3 is 10.1 Å². The van der Waals surface area contributed by atoms with Gasteiger partial charge >= 0.3 is 12.1 Å². The van der Waals surface area contributed by atoms with Crippen molar-refractivity contribution in [3.8, 4) is 0 Å². The second-order valence-electron chi connectivity index (χ2n) is 5.89. The molecule has 7 nitrogen and oxygen atoms in total. The topological polar surface area (TPSA) is 98.5 Å². The highest BCUT2D eigenvalue weighted by molar-refractivity contribution is 5.98. The molecule has 1 unspecified atom stereocenters. The Labute approximate surface area is 157 Å². The summed E-state index contributed by atoms with van der Waals surface area (Å²) in [6, 6.07) is 8.29. The van der Waals surface area contributed by atoms with Crippen LogP contribution in [0, 0.1) is 17.0 Å². The Bertz CT molecular complexity index is 928. The maximum atomic E-state index is 13.2. The van der Waals surface area contributed by atoms with Crippen molar-refractivity contribution in [3.05, 3.63) is 69.3 Å². The third kappa shape index (κ3) is 5.06. The van der Waals surface area contributed by atoms with Crippen LogP contribution in [-0.4, -0.2) is 22.9 Å². The number of nitrogens with one attached hydrogen (secondary N) is 1. The minimum absolute atomic E-state index is 0.186. The maximum absolute atomic E-state index is 13.2. The molecule has 10 heteroatoms. The van der Waals surface area contributed by atoms with Gasteiger partial charge in [-0.05, 0) is 32.0 Å². The van der Waals surface area contributed by atoms with E-state index < -0.39 is 46.0 Å². The first-order chi connectivity index (χ1) is 13.0. The number of hydrogen-bond acceptors (Lipinski definition) is 5. The number of ether oxygens (including phenoxy) is 1. The van der Waals surface area contributed by atoms with E-state index in [4.69, 9.17) is 4.74 Å². The van der Waals surface area contributed by atoms with E-state index in [1.165, 1.54) is 19.1 Å². The van der Waals surface area contributed by atoms with Gasteiger partial charge in [0, 0.05) is 12.1 Å². The highest BCUT2D eigenvalue weighted by atomic mass is 19.4. The molecule has 1 N–H and O–H groups in total. The molecule has 1 atom stereocenters. The van der Waals surface area contributed by atoms with Crippen molar-refractivity contribution in [2.75, 3.05) is 5.32 Å². The molecule has 0 saturated carbocycles. The second kappa shape index (κ2) is 8.07. The van der Waals surface area contributed by atoms with Gasteiger partial charge in [-0.2, -0.15) is 13.2 Å².